The third-order valence-electron chi connectivity index (χ3n) is 3.78. The van der Waals surface area contributed by atoms with Crippen molar-refractivity contribution >= 4 is 17.9 Å². The topological polar surface area (TPSA) is 134 Å². The van der Waals surface area contributed by atoms with Gasteiger partial charge in [-0.2, -0.15) is 0 Å². The molecule has 1 atom stereocenters. The standard InChI is InChI=1S/C19H21N3O7/c1-21(2)19(24)28-16-7-3-13(4-8-16)17(29-18(20)23)11-12-27-15-9-5-14(6-10-15)22(25)26/h3-10,17H,11-12H2,1-2H3,(H2,20,23)/t17-/m0/s1. The van der Waals surface area contributed by atoms with Crippen LogP contribution in [0.1, 0.15) is 18.1 Å². The Hall–Kier alpha value is -3.82. The molecule has 2 N–H and O–H groups in total. The number of nitro benzene ring substituents is 1. The van der Waals surface area contributed by atoms with E-state index >= 15 is 0 Å². The fraction of sp³-hybridized carbons (Fsp3) is 0.263. The van der Waals surface area contributed by atoms with Crippen molar-refractivity contribution < 1.29 is 28.7 Å². The molecule has 0 heterocycles. The third-order valence-corrected chi connectivity index (χ3v) is 3.78. The van der Waals surface area contributed by atoms with E-state index in [-0.39, 0.29) is 18.7 Å². The molecular weight excluding hydrogens is 382 g/mol. The molecule has 2 rings (SSSR count). The van der Waals surface area contributed by atoms with Gasteiger partial charge in [-0.1, -0.05) is 12.1 Å². The average Bonchev–Trinajstić information content (AvgIpc) is 2.68. The Balaban J connectivity index is 1.98. The molecule has 0 aromatic heterocycles. The van der Waals surface area contributed by atoms with Crippen LogP contribution in [0.25, 0.3) is 0 Å². The maximum Gasteiger partial charge on any atom is 0.414 e. The van der Waals surface area contributed by atoms with Crippen molar-refractivity contribution in [3.8, 4) is 11.5 Å². The van der Waals surface area contributed by atoms with Crippen LogP contribution in [-0.2, 0) is 4.74 Å². The Labute approximate surface area is 166 Å². The minimum Gasteiger partial charge on any atom is -0.493 e. The Morgan fingerprint density at radius 3 is 2.17 bits per heavy atom. The summed E-state index contributed by atoms with van der Waals surface area (Å²) in [6, 6.07) is 12.1. The third kappa shape index (κ3) is 6.69. The zero-order valence-electron chi connectivity index (χ0n) is 15.9. The van der Waals surface area contributed by atoms with Crippen LogP contribution in [0, 0.1) is 10.1 Å². The van der Waals surface area contributed by atoms with Crippen molar-refractivity contribution in [3.63, 3.8) is 0 Å². The number of hydrogen-bond donors (Lipinski definition) is 1. The molecule has 0 aliphatic carbocycles. The maximum absolute atomic E-state index is 11.6. The van der Waals surface area contributed by atoms with Gasteiger partial charge in [0.2, 0.25) is 0 Å². The fourth-order valence-electron chi connectivity index (χ4n) is 2.32. The number of nitrogens with zero attached hydrogens (tertiary/aromatic N) is 2. The maximum atomic E-state index is 11.6. The van der Waals surface area contributed by atoms with Gasteiger partial charge in [-0.05, 0) is 29.8 Å². The van der Waals surface area contributed by atoms with Gasteiger partial charge in [0.1, 0.15) is 17.6 Å². The van der Waals surface area contributed by atoms with Crippen LogP contribution in [0.2, 0.25) is 0 Å². The normalized spacial score (nSPS) is 11.2. The first-order chi connectivity index (χ1) is 13.8. The van der Waals surface area contributed by atoms with Crippen molar-refractivity contribution in [2.45, 2.75) is 12.5 Å². The molecule has 0 bridgehead atoms. The number of carbonyl (C=O) groups excluding carboxylic acids is 2. The van der Waals surface area contributed by atoms with Crippen LogP contribution >= 0.6 is 0 Å². The van der Waals surface area contributed by atoms with Crippen molar-refractivity contribution in [2.24, 2.45) is 5.73 Å². The van der Waals surface area contributed by atoms with E-state index in [0.717, 1.165) is 0 Å². The smallest absolute Gasteiger partial charge is 0.414 e. The van der Waals surface area contributed by atoms with E-state index in [4.69, 9.17) is 19.9 Å². The lowest BCUT2D eigenvalue weighted by Gasteiger charge is -2.18. The van der Waals surface area contributed by atoms with E-state index in [2.05, 4.69) is 0 Å². The van der Waals surface area contributed by atoms with E-state index in [0.29, 0.717) is 17.1 Å². The highest BCUT2D eigenvalue weighted by molar-refractivity contribution is 5.70. The summed E-state index contributed by atoms with van der Waals surface area (Å²) in [6.07, 6.45) is -1.84. The molecule has 2 amide bonds. The largest absolute Gasteiger partial charge is 0.493 e. The molecule has 2 aromatic rings. The lowest BCUT2D eigenvalue weighted by molar-refractivity contribution is -0.384. The second-order valence-electron chi connectivity index (χ2n) is 6.15. The quantitative estimate of drug-likeness (QED) is 0.528. The summed E-state index contributed by atoms with van der Waals surface area (Å²) in [7, 11) is 3.14. The molecule has 0 aliphatic rings. The van der Waals surface area contributed by atoms with Crippen LogP contribution in [0.3, 0.4) is 0 Å². The number of ether oxygens (including phenoxy) is 3. The minimum atomic E-state index is -0.937. The molecule has 0 aliphatic heterocycles. The van der Waals surface area contributed by atoms with Gasteiger partial charge < -0.3 is 24.8 Å². The number of benzene rings is 2. The lowest BCUT2D eigenvalue weighted by atomic mass is 10.1. The first-order valence-electron chi connectivity index (χ1n) is 8.58. The second-order valence-corrected chi connectivity index (χ2v) is 6.15. The van der Waals surface area contributed by atoms with Crippen molar-refractivity contribution in [3.05, 3.63) is 64.2 Å². The van der Waals surface area contributed by atoms with Gasteiger partial charge in [0.05, 0.1) is 11.5 Å². The van der Waals surface area contributed by atoms with Gasteiger partial charge in [-0.25, -0.2) is 9.59 Å². The van der Waals surface area contributed by atoms with E-state index < -0.39 is 23.2 Å². The SMILES string of the molecule is CN(C)C(=O)Oc1ccc([C@H](CCOc2ccc([N+](=O)[O-])cc2)OC(N)=O)cc1. The summed E-state index contributed by atoms with van der Waals surface area (Å²) < 4.78 is 15.8. The Morgan fingerprint density at radius 2 is 1.66 bits per heavy atom. The molecule has 0 fully saturated rings. The van der Waals surface area contributed by atoms with Crippen LogP contribution in [-0.4, -0.2) is 42.7 Å². The van der Waals surface area contributed by atoms with Crippen molar-refractivity contribution in [1.82, 2.24) is 4.90 Å². The molecular formula is C19H21N3O7. The van der Waals surface area contributed by atoms with Gasteiger partial charge in [-0.15, -0.1) is 0 Å². The molecule has 0 unspecified atom stereocenters. The van der Waals surface area contributed by atoms with Crippen LogP contribution in [0.5, 0.6) is 11.5 Å². The van der Waals surface area contributed by atoms with E-state index in [1.807, 2.05) is 0 Å². The van der Waals surface area contributed by atoms with Crippen LogP contribution in [0.4, 0.5) is 15.3 Å². The highest BCUT2D eigenvalue weighted by atomic mass is 16.6. The van der Waals surface area contributed by atoms with Gasteiger partial charge in [0.25, 0.3) is 5.69 Å². The Bertz CT molecular complexity index is 851. The van der Waals surface area contributed by atoms with Gasteiger partial charge in [-0.3, -0.25) is 10.1 Å². The van der Waals surface area contributed by atoms with Crippen molar-refractivity contribution in [1.29, 1.82) is 0 Å². The highest BCUT2D eigenvalue weighted by Crippen LogP contribution is 2.25. The fourth-order valence-corrected chi connectivity index (χ4v) is 2.32. The zero-order valence-corrected chi connectivity index (χ0v) is 15.9. The summed E-state index contributed by atoms with van der Waals surface area (Å²) in [5.41, 5.74) is 5.75. The number of nitrogens with two attached hydrogens (primary N) is 1. The van der Waals surface area contributed by atoms with Gasteiger partial charge in [0.15, 0.2) is 0 Å². The van der Waals surface area contributed by atoms with Crippen LogP contribution < -0.4 is 15.2 Å². The molecule has 10 heteroatoms. The summed E-state index contributed by atoms with van der Waals surface area (Å²) in [4.78, 5) is 34.3. The van der Waals surface area contributed by atoms with Crippen LogP contribution in [0.15, 0.2) is 48.5 Å². The number of nitro groups is 1. The highest BCUT2D eigenvalue weighted by Gasteiger charge is 2.17. The molecule has 0 spiro atoms. The monoisotopic (exact) mass is 403 g/mol. The van der Waals surface area contributed by atoms with E-state index in [1.165, 1.54) is 29.2 Å². The summed E-state index contributed by atoms with van der Waals surface area (Å²) in [5, 5.41) is 10.7. The minimum absolute atomic E-state index is 0.0395. The zero-order chi connectivity index (χ0) is 21.4. The second kappa shape index (κ2) is 9.93. The number of carbonyl (C=O) groups is 2. The molecule has 10 nitrogen and oxygen atoms in total. The van der Waals surface area contributed by atoms with Crippen molar-refractivity contribution in [2.75, 3.05) is 20.7 Å². The molecule has 2 aromatic carbocycles. The molecule has 0 saturated heterocycles. The lowest BCUT2D eigenvalue weighted by Crippen LogP contribution is -2.25. The first kappa shape index (κ1) is 21.5. The number of amides is 2. The average molecular weight is 403 g/mol. The molecule has 0 radical (unpaired) electrons. The Kier molecular flexibility index (Phi) is 7.35. The number of primary amides is 1. The van der Waals surface area contributed by atoms with E-state index in [9.17, 15) is 19.7 Å². The predicted molar refractivity (Wildman–Crippen MR) is 103 cm³/mol. The number of non-ortho nitro benzene ring substituents is 1. The first-order valence-corrected chi connectivity index (χ1v) is 8.58. The number of rotatable bonds is 8. The summed E-state index contributed by atoms with van der Waals surface area (Å²) >= 11 is 0. The van der Waals surface area contributed by atoms with E-state index in [1.54, 1.807) is 38.4 Å². The molecule has 154 valence electrons. The summed E-state index contributed by atoms with van der Waals surface area (Å²) in [6.45, 7) is 0.174. The molecule has 0 saturated carbocycles. The summed E-state index contributed by atoms with van der Waals surface area (Å²) in [5.74, 6) is 0.784. The Morgan fingerprint density at radius 1 is 1.07 bits per heavy atom. The van der Waals surface area contributed by atoms with Gasteiger partial charge >= 0.3 is 12.2 Å². The molecule has 29 heavy (non-hydrogen) atoms. The number of hydrogen-bond acceptors (Lipinski definition) is 7. The predicted octanol–water partition coefficient (Wildman–Crippen LogP) is 3.26. The van der Waals surface area contributed by atoms with Gasteiger partial charge in [0, 0.05) is 32.6 Å².